The van der Waals surface area contributed by atoms with Gasteiger partial charge in [0.15, 0.2) is 5.16 Å². The van der Waals surface area contributed by atoms with Crippen LogP contribution in [-0.4, -0.2) is 31.8 Å². The topological polar surface area (TPSA) is 68.5 Å². The Balaban J connectivity index is 0.00000264. The summed E-state index contributed by atoms with van der Waals surface area (Å²) in [5.41, 5.74) is 0.948. The highest BCUT2D eigenvalue weighted by atomic mass is 35.5. The first-order chi connectivity index (χ1) is 10.3. The maximum Gasteiger partial charge on any atom is 0.451 e. The fourth-order valence-corrected chi connectivity index (χ4v) is 2.66. The highest BCUT2D eigenvalue weighted by Crippen LogP contribution is 2.27. The molecule has 1 N–H and O–H groups in total. The molecule has 2 aromatic rings. The van der Waals surface area contributed by atoms with Crippen LogP contribution in [0.4, 0.5) is 13.2 Å². The first-order valence-corrected chi connectivity index (χ1v) is 7.37. The summed E-state index contributed by atoms with van der Waals surface area (Å²) in [6, 6.07) is 0. The van der Waals surface area contributed by atoms with Crippen molar-refractivity contribution < 1.29 is 13.2 Å². The smallest absolute Gasteiger partial charge is 0.313 e. The zero-order valence-electron chi connectivity index (χ0n) is 12.7. The molecule has 11 heteroatoms. The Hall–Kier alpha value is -1.39. The molecular formula is C12H16ClF3N6S. The maximum absolute atomic E-state index is 12.5. The molecule has 6 nitrogen and oxygen atoms in total. The minimum atomic E-state index is -4.53. The van der Waals surface area contributed by atoms with Crippen LogP contribution in [0.2, 0.25) is 0 Å². The molecule has 0 bridgehead atoms. The molecule has 0 aliphatic heterocycles. The van der Waals surface area contributed by atoms with Gasteiger partial charge in [-0.05, 0) is 14.0 Å². The summed E-state index contributed by atoms with van der Waals surface area (Å²) in [5, 5.41) is 11.8. The lowest BCUT2D eigenvalue weighted by molar-refractivity contribution is -0.145. The van der Waals surface area contributed by atoms with Gasteiger partial charge >= 0.3 is 6.18 Å². The normalized spacial score (nSPS) is 11.4. The summed E-state index contributed by atoms with van der Waals surface area (Å²) in [6.07, 6.45) is -3.31. The van der Waals surface area contributed by atoms with Crippen LogP contribution in [0.3, 0.4) is 0 Å². The van der Waals surface area contributed by atoms with Crippen LogP contribution in [0.1, 0.15) is 22.9 Å². The van der Waals surface area contributed by atoms with E-state index in [4.69, 9.17) is 0 Å². The number of thioether (sulfide) groups is 1. The molecule has 0 atom stereocenters. The van der Waals surface area contributed by atoms with E-state index in [9.17, 15) is 13.2 Å². The number of nitrogens with zero attached hydrogens (tertiary/aromatic N) is 5. The van der Waals surface area contributed by atoms with E-state index in [1.807, 2.05) is 18.7 Å². The minimum absolute atomic E-state index is 0. The van der Waals surface area contributed by atoms with Gasteiger partial charge in [0.1, 0.15) is 5.82 Å². The second-order valence-corrected chi connectivity index (χ2v) is 5.52. The summed E-state index contributed by atoms with van der Waals surface area (Å²) >= 11 is 1.37. The van der Waals surface area contributed by atoms with Crippen molar-refractivity contribution >= 4 is 24.2 Å². The molecular weight excluding hydrogens is 353 g/mol. The highest BCUT2D eigenvalue weighted by Gasteiger charge is 2.34. The monoisotopic (exact) mass is 368 g/mol. The predicted molar refractivity (Wildman–Crippen MR) is 82.3 cm³/mol. The zero-order chi connectivity index (χ0) is 16.3. The number of hydrogen-bond donors (Lipinski definition) is 1. The van der Waals surface area contributed by atoms with Crippen molar-refractivity contribution in [2.75, 3.05) is 7.05 Å². The van der Waals surface area contributed by atoms with Crippen LogP contribution in [0.15, 0.2) is 11.4 Å². The van der Waals surface area contributed by atoms with Gasteiger partial charge in [0.2, 0.25) is 5.82 Å². The van der Waals surface area contributed by atoms with Crippen LogP contribution in [0.5, 0.6) is 0 Å². The SMILES string of the molecule is CNCc1nnc(SCc2cnc(C(F)(F)F)nc2C)n1C.Cl. The molecule has 128 valence electrons. The Morgan fingerprint density at radius 1 is 1.30 bits per heavy atom. The van der Waals surface area contributed by atoms with Gasteiger partial charge in [-0.15, -0.1) is 22.6 Å². The molecule has 0 saturated heterocycles. The van der Waals surface area contributed by atoms with Crippen molar-refractivity contribution in [2.24, 2.45) is 7.05 Å². The van der Waals surface area contributed by atoms with Crippen LogP contribution >= 0.6 is 24.2 Å². The van der Waals surface area contributed by atoms with E-state index >= 15 is 0 Å². The second-order valence-electron chi connectivity index (χ2n) is 4.58. The lowest BCUT2D eigenvalue weighted by atomic mass is 10.3. The number of halogens is 4. The Morgan fingerprint density at radius 3 is 2.57 bits per heavy atom. The van der Waals surface area contributed by atoms with E-state index in [0.717, 1.165) is 5.82 Å². The van der Waals surface area contributed by atoms with E-state index < -0.39 is 12.0 Å². The zero-order valence-corrected chi connectivity index (χ0v) is 14.3. The standard InChI is InChI=1S/C12H15F3N6S.ClH/c1-7-8(4-17-10(18-7)12(13,14)15)6-22-11-20-19-9(5-16-2)21(11)3;/h4,16H,5-6H2,1-3H3;1H. The largest absolute Gasteiger partial charge is 0.451 e. The van der Waals surface area contributed by atoms with Crippen molar-refractivity contribution in [3.63, 3.8) is 0 Å². The Morgan fingerprint density at radius 2 is 2.00 bits per heavy atom. The van der Waals surface area contributed by atoms with E-state index in [1.165, 1.54) is 24.9 Å². The summed E-state index contributed by atoms with van der Waals surface area (Å²) < 4.78 is 39.4. The summed E-state index contributed by atoms with van der Waals surface area (Å²) in [7, 11) is 3.65. The third-order valence-electron chi connectivity index (χ3n) is 2.95. The Kier molecular flexibility index (Phi) is 6.78. The van der Waals surface area contributed by atoms with Crippen LogP contribution in [0.25, 0.3) is 0 Å². The first kappa shape index (κ1) is 19.7. The lowest BCUT2D eigenvalue weighted by Gasteiger charge is -2.08. The number of aryl methyl sites for hydroxylation is 1. The molecule has 23 heavy (non-hydrogen) atoms. The van der Waals surface area contributed by atoms with Gasteiger partial charge in [0, 0.05) is 30.3 Å². The molecule has 0 aliphatic rings. The van der Waals surface area contributed by atoms with Crippen molar-refractivity contribution in [3.05, 3.63) is 29.1 Å². The average Bonchev–Trinajstić information content (AvgIpc) is 2.78. The number of rotatable bonds is 5. The first-order valence-electron chi connectivity index (χ1n) is 6.38. The fourth-order valence-electron chi connectivity index (χ4n) is 1.70. The maximum atomic E-state index is 12.5. The molecule has 2 aromatic heterocycles. The molecule has 0 aliphatic carbocycles. The molecule has 0 aromatic carbocycles. The minimum Gasteiger partial charge on any atom is -0.313 e. The molecule has 0 radical (unpaired) electrons. The fraction of sp³-hybridized carbons (Fsp3) is 0.500. The second kappa shape index (κ2) is 7.93. The van der Waals surface area contributed by atoms with E-state index in [1.54, 1.807) is 0 Å². The molecule has 2 heterocycles. The molecule has 0 saturated carbocycles. The van der Waals surface area contributed by atoms with Crippen LogP contribution in [0, 0.1) is 6.92 Å². The van der Waals surface area contributed by atoms with E-state index in [2.05, 4.69) is 25.5 Å². The molecule has 0 spiro atoms. The predicted octanol–water partition coefficient (Wildman–Crippen LogP) is 2.37. The Labute approximate surface area is 141 Å². The van der Waals surface area contributed by atoms with Crippen LogP contribution in [-0.2, 0) is 25.5 Å². The number of alkyl halides is 3. The van der Waals surface area contributed by atoms with Crippen molar-refractivity contribution in [1.29, 1.82) is 0 Å². The van der Waals surface area contributed by atoms with Crippen molar-refractivity contribution in [3.8, 4) is 0 Å². The van der Waals surface area contributed by atoms with Gasteiger partial charge in [0.05, 0.1) is 6.54 Å². The molecule has 0 unspecified atom stereocenters. The molecule has 0 amide bonds. The quantitative estimate of drug-likeness (QED) is 0.817. The van der Waals surface area contributed by atoms with Crippen molar-refractivity contribution in [1.82, 2.24) is 30.0 Å². The summed E-state index contributed by atoms with van der Waals surface area (Å²) in [6.45, 7) is 2.13. The van der Waals surface area contributed by atoms with E-state index in [-0.39, 0.29) is 12.4 Å². The van der Waals surface area contributed by atoms with Crippen LogP contribution < -0.4 is 5.32 Å². The number of hydrogen-bond acceptors (Lipinski definition) is 6. The Bertz CT molecular complexity index is 661. The molecule has 2 rings (SSSR count). The lowest BCUT2D eigenvalue weighted by Crippen LogP contribution is -2.12. The van der Waals surface area contributed by atoms with Gasteiger partial charge in [-0.3, -0.25) is 0 Å². The average molecular weight is 369 g/mol. The number of nitrogens with one attached hydrogen (secondary N) is 1. The van der Waals surface area contributed by atoms with Gasteiger partial charge in [-0.2, -0.15) is 13.2 Å². The summed E-state index contributed by atoms with van der Waals surface area (Å²) in [4.78, 5) is 6.89. The molecule has 0 fully saturated rings. The highest BCUT2D eigenvalue weighted by molar-refractivity contribution is 7.98. The number of aromatic nitrogens is 5. The van der Waals surface area contributed by atoms with Gasteiger partial charge in [0.25, 0.3) is 0 Å². The third kappa shape index (κ3) is 4.79. The van der Waals surface area contributed by atoms with Gasteiger partial charge in [-0.1, -0.05) is 11.8 Å². The van der Waals surface area contributed by atoms with E-state index in [0.29, 0.717) is 28.7 Å². The van der Waals surface area contributed by atoms with Gasteiger partial charge < -0.3 is 9.88 Å². The third-order valence-corrected chi connectivity index (χ3v) is 4.02. The van der Waals surface area contributed by atoms with Crippen molar-refractivity contribution in [2.45, 2.75) is 30.6 Å². The van der Waals surface area contributed by atoms with Gasteiger partial charge in [-0.25, -0.2) is 9.97 Å². The summed E-state index contributed by atoms with van der Waals surface area (Å²) in [5.74, 6) is 0.0919.